The molecule has 0 saturated carbocycles. The first-order chi connectivity index (χ1) is 20.9. The van der Waals surface area contributed by atoms with Gasteiger partial charge in [0.2, 0.25) is 0 Å². The summed E-state index contributed by atoms with van der Waals surface area (Å²) in [5, 5.41) is 0. The van der Waals surface area contributed by atoms with Crippen molar-refractivity contribution in [2.24, 2.45) is 4.99 Å². The zero-order valence-corrected chi connectivity index (χ0v) is 25.9. The monoisotopic (exact) mass is 654 g/mol. The number of rotatable bonds is 8. The van der Waals surface area contributed by atoms with Gasteiger partial charge in [0.1, 0.15) is 29.9 Å². The molecule has 2 aromatic heterocycles. The lowest BCUT2D eigenvalue weighted by atomic mass is 10.0. The van der Waals surface area contributed by atoms with Crippen LogP contribution in [0.15, 0.2) is 121 Å². The van der Waals surface area contributed by atoms with Gasteiger partial charge in [-0.15, -0.1) is 0 Å². The Bertz CT molecular complexity index is 2010. The summed E-state index contributed by atoms with van der Waals surface area (Å²) in [5.74, 6) is 1.22. The molecule has 7 nitrogen and oxygen atoms in total. The van der Waals surface area contributed by atoms with E-state index in [2.05, 4.69) is 20.9 Å². The second-order valence-corrected chi connectivity index (χ2v) is 11.8. The van der Waals surface area contributed by atoms with Gasteiger partial charge in [0.05, 0.1) is 22.4 Å². The van der Waals surface area contributed by atoms with Crippen molar-refractivity contribution < 1.29 is 18.7 Å². The second-order valence-electron chi connectivity index (χ2n) is 9.86. The van der Waals surface area contributed by atoms with Crippen molar-refractivity contribution >= 4 is 39.3 Å². The van der Waals surface area contributed by atoms with Crippen LogP contribution in [0.5, 0.6) is 5.75 Å². The van der Waals surface area contributed by atoms with Crippen molar-refractivity contribution in [1.29, 1.82) is 0 Å². The van der Waals surface area contributed by atoms with Crippen molar-refractivity contribution in [1.82, 2.24) is 4.57 Å². The molecule has 216 valence electrons. The minimum Gasteiger partial charge on any atom is -0.489 e. The summed E-state index contributed by atoms with van der Waals surface area (Å²) in [5.41, 5.74) is 3.22. The van der Waals surface area contributed by atoms with E-state index in [-0.39, 0.29) is 17.7 Å². The van der Waals surface area contributed by atoms with Crippen LogP contribution in [-0.4, -0.2) is 17.1 Å². The number of fused-ring (bicyclic) bond motifs is 1. The Hall–Kier alpha value is -4.47. The number of thiazole rings is 1. The molecule has 0 spiro atoms. The predicted octanol–water partition coefficient (Wildman–Crippen LogP) is 6.40. The molecule has 0 amide bonds. The number of hydrogen-bond donors (Lipinski definition) is 0. The van der Waals surface area contributed by atoms with Gasteiger partial charge in [-0.05, 0) is 67.4 Å². The molecule has 3 heterocycles. The Morgan fingerprint density at radius 2 is 1.84 bits per heavy atom. The molecular formula is C34H27BrN2O5S. The van der Waals surface area contributed by atoms with Crippen molar-refractivity contribution in [3.05, 3.63) is 143 Å². The Balaban J connectivity index is 1.40. The molecule has 0 N–H and O–H groups in total. The molecule has 0 unspecified atom stereocenters. The van der Waals surface area contributed by atoms with E-state index in [1.807, 2.05) is 91.0 Å². The maximum Gasteiger partial charge on any atom is 0.338 e. The number of allylic oxidation sites excluding steroid dienone is 1. The zero-order chi connectivity index (χ0) is 29.9. The van der Waals surface area contributed by atoms with E-state index >= 15 is 0 Å². The molecule has 9 heteroatoms. The molecule has 0 radical (unpaired) electrons. The van der Waals surface area contributed by atoms with Crippen LogP contribution in [0.25, 0.3) is 17.4 Å². The molecule has 0 saturated heterocycles. The van der Waals surface area contributed by atoms with Gasteiger partial charge in [-0.2, -0.15) is 0 Å². The third kappa shape index (κ3) is 6.04. The van der Waals surface area contributed by atoms with Crippen molar-refractivity contribution in [2.75, 3.05) is 6.61 Å². The zero-order valence-electron chi connectivity index (χ0n) is 23.5. The Labute approximate surface area is 260 Å². The van der Waals surface area contributed by atoms with E-state index in [4.69, 9.17) is 13.9 Å². The number of carbonyl (C=O) groups is 1. The van der Waals surface area contributed by atoms with E-state index in [1.54, 1.807) is 19.9 Å². The Morgan fingerprint density at radius 1 is 1.05 bits per heavy atom. The maximum absolute atomic E-state index is 14.0. The van der Waals surface area contributed by atoms with Crippen LogP contribution < -0.4 is 19.6 Å². The second kappa shape index (κ2) is 12.4. The molecule has 5 aromatic rings. The number of halogens is 1. The van der Waals surface area contributed by atoms with Gasteiger partial charge in [-0.25, -0.2) is 9.79 Å². The number of aromatic nitrogens is 1. The predicted molar refractivity (Wildman–Crippen MR) is 169 cm³/mol. The van der Waals surface area contributed by atoms with E-state index in [0.29, 0.717) is 38.9 Å². The van der Waals surface area contributed by atoms with Gasteiger partial charge in [0, 0.05) is 10.0 Å². The fourth-order valence-electron chi connectivity index (χ4n) is 4.92. The van der Waals surface area contributed by atoms with Crippen molar-refractivity contribution in [2.45, 2.75) is 26.5 Å². The topological polar surface area (TPSA) is 83.0 Å². The molecule has 0 aliphatic carbocycles. The van der Waals surface area contributed by atoms with Crippen LogP contribution in [0.4, 0.5) is 0 Å². The molecule has 43 heavy (non-hydrogen) atoms. The number of esters is 1. The number of furan rings is 1. The highest BCUT2D eigenvalue weighted by molar-refractivity contribution is 9.10. The molecular weight excluding hydrogens is 628 g/mol. The number of ether oxygens (including phenoxy) is 2. The minimum absolute atomic E-state index is 0.192. The van der Waals surface area contributed by atoms with Crippen LogP contribution in [-0.2, 0) is 16.1 Å². The summed E-state index contributed by atoms with van der Waals surface area (Å²) >= 11 is 4.72. The number of benzene rings is 3. The largest absolute Gasteiger partial charge is 0.489 e. The maximum atomic E-state index is 14.0. The smallest absolute Gasteiger partial charge is 0.338 e. The summed E-state index contributed by atoms with van der Waals surface area (Å²) in [4.78, 5) is 32.3. The van der Waals surface area contributed by atoms with Gasteiger partial charge < -0.3 is 13.9 Å². The lowest BCUT2D eigenvalue weighted by molar-refractivity contribution is -0.139. The minimum atomic E-state index is -0.831. The van der Waals surface area contributed by atoms with Crippen LogP contribution in [0.3, 0.4) is 0 Å². The van der Waals surface area contributed by atoms with E-state index in [1.165, 1.54) is 15.9 Å². The van der Waals surface area contributed by atoms with Gasteiger partial charge in [0.25, 0.3) is 5.56 Å². The molecule has 1 aliphatic rings. The lowest BCUT2D eigenvalue weighted by Gasteiger charge is -2.22. The third-order valence-electron chi connectivity index (χ3n) is 6.95. The van der Waals surface area contributed by atoms with Crippen molar-refractivity contribution in [3.8, 4) is 17.1 Å². The average molecular weight is 656 g/mol. The standard InChI is InChI=1S/C34H27BrN2O5S/c1-3-40-33(39)30-21(2)36-34-37(31(30)28-17-16-27(42-28)24-12-14-25(35)15-13-24)32(38)29(43-34)19-23-10-7-11-26(18-23)41-20-22-8-5-4-6-9-22/h4-19,31H,3,20H2,1-2H3/b29-19-/t31-/m1/s1. The SMILES string of the molecule is CCOC(=O)C1=C(C)N=c2s/c(=C\c3cccc(OCc4ccccc4)c3)c(=O)n2[C@@H]1c1ccc(-c2ccc(Br)cc2)o1. The first-order valence-corrected chi connectivity index (χ1v) is 15.3. The van der Waals surface area contributed by atoms with Gasteiger partial charge in [-0.3, -0.25) is 9.36 Å². The number of nitrogens with zero attached hydrogens (tertiary/aromatic N) is 2. The number of hydrogen-bond acceptors (Lipinski definition) is 7. The lowest BCUT2D eigenvalue weighted by Crippen LogP contribution is -2.39. The molecule has 1 atom stereocenters. The summed E-state index contributed by atoms with van der Waals surface area (Å²) in [6.07, 6.45) is 1.81. The van der Waals surface area contributed by atoms with E-state index < -0.39 is 12.0 Å². The molecule has 1 aliphatic heterocycles. The molecule has 0 fully saturated rings. The first kappa shape index (κ1) is 28.6. The normalized spacial score (nSPS) is 14.8. The van der Waals surface area contributed by atoms with Crippen molar-refractivity contribution in [3.63, 3.8) is 0 Å². The highest BCUT2D eigenvalue weighted by Gasteiger charge is 2.35. The van der Waals surface area contributed by atoms with Crippen LogP contribution in [0.2, 0.25) is 0 Å². The quantitative estimate of drug-likeness (QED) is 0.181. The van der Waals surface area contributed by atoms with Gasteiger partial charge in [-0.1, -0.05) is 81.9 Å². The number of carbonyl (C=O) groups excluding carboxylic acids is 1. The van der Waals surface area contributed by atoms with E-state index in [0.717, 1.165) is 21.2 Å². The van der Waals surface area contributed by atoms with Crippen LogP contribution >= 0.6 is 27.3 Å². The fourth-order valence-corrected chi connectivity index (χ4v) is 6.23. The van der Waals surface area contributed by atoms with Gasteiger partial charge >= 0.3 is 5.97 Å². The van der Waals surface area contributed by atoms with Crippen LogP contribution in [0, 0.1) is 0 Å². The Kier molecular flexibility index (Phi) is 8.26. The Morgan fingerprint density at radius 3 is 2.60 bits per heavy atom. The highest BCUT2D eigenvalue weighted by Crippen LogP contribution is 2.34. The van der Waals surface area contributed by atoms with Crippen LogP contribution in [0.1, 0.15) is 36.8 Å². The fraction of sp³-hybridized carbons (Fsp3) is 0.147. The van der Waals surface area contributed by atoms with Gasteiger partial charge in [0.15, 0.2) is 4.80 Å². The summed E-state index contributed by atoms with van der Waals surface area (Å²) in [7, 11) is 0. The molecule has 3 aromatic carbocycles. The molecule has 6 rings (SSSR count). The third-order valence-corrected chi connectivity index (χ3v) is 8.46. The average Bonchev–Trinajstić information content (AvgIpc) is 3.61. The molecule has 0 bridgehead atoms. The first-order valence-electron chi connectivity index (χ1n) is 13.7. The summed E-state index contributed by atoms with van der Waals surface area (Å²) in [6, 6.07) is 28.0. The summed E-state index contributed by atoms with van der Waals surface area (Å²) < 4.78 is 20.6. The van der Waals surface area contributed by atoms with E-state index in [9.17, 15) is 9.59 Å². The highest BCUT2D eigenvalue weighted by atomic mass is 79.9. The summed E-state index contributed by atoms with van der Waals surface area (Å²) in [6.45, 7) is 4.13.